The fraction of sp³-hybridized carbons (Fsp3) is 0.333. The number of Topliss-reactive ketones (excluding diaryl/α,β-unsaturated/α-hetero) is 1. The Kier molecular flexibility index (Phi) is 6.11. The van der Waals surface area contributed by atoms with Crippen molar-refractivity contribution in [1.29, 1.82) is 0 Å². The van der Waals surface area contributed by atoms with Gasteiger partial charge >= 0.3 is 0 Å². The molecule has 0 unspecified atom stereocenters. The first kappa shape index (κ1) is 20.8. The van der Waals surface area contributed by atoms with E-state index in [9.17, 15) is 9.59 Å². The molecule has 0 bridgehead atoms. The van der Waals surface area contributed by atoms with Crippen molar-refractivity contribution in [2.24, 2.45) is 0 Å². The molecule has 0 radical (unpaired) electrons. The van der Waals surface area contributed by atoms with Crippen molar-refractivity contribution in [1.82, 2.24) is 20.1 Å². The van der Waals surface area contributed by atoms with E-state index in [0.717, 1.165) is 24.1 Å². The summed E-state index contributed by atoms with van der Waals surface area (Å²) in [4.78, 5) is 29.7. The number of nitrogens with one attached hydrogen (secondary N) is 1. The summed E-state index contributed by atoms with van der Waals surface area (Å²) >= 11 is 0. The molecule has 0 atom stereocenters. The van der Waals surface area contributed by atoms with Crippen molar-refractivity contribution in [3.8, 4) is 11.6 Å². The van der Waals surface area contributed by atoms with Crippen molar-refractivity contribution >= 4 is 11.7 Å². The summed E-state index contributed by atoms with van der Waals surface area (Å²) in [6.07, 6.45) is 6.33. The van der Waals surface area contributed by atoms with Crippen molar-refractivity contribution in [2.45, 2.75) is 52.2 Å². The van der Waals surface area contributed by atoms with Crippen molar-refractivity contribution in [2.75, 3.05) is 0 Å². The molecule has 1 saturated carbocycles. The van der Waals surface area contributed by atoms with Gasteiger partial charge in [-0.2, -0.15) is 5.10 Å². The second kappa shape index (κ2) is 9.12. The van der Waals surface area contributed by atoms with Gasteiger partial charge in [-0.25, -0.2) is 9.67 Å². The topological polar surface area (TPSA) is 86.1 Å². The average molecular weight is 418 g/mol. The number of para-hydroxylation sites is 1. The second-order valence-corrected chi connectivity index (χ2v) is 7.83. The number of carbonyl (C=O) groups is 2. The first-order valence-electron chi connectivity index (χ1n) is 10.6. The van der Waals surface area contributed by atoms with E-state index >= 15 is 0 Å². The van der Waals surface area contributed by atoms with Crippen LogP contribution in [0.1, 0.15) is 53.0 Å². The van der Waals surface area contributed by atoms with Crippen LogP contribution < -0.4 is 10.1 Å². The number of nitrogens with zero attached hydrogens (tertiary/aromatic N) is 3. The molecular formula is C24H26N4O3. The lowest BCUT2D eigenvalue weighted by Gasteiger charge is -2.12. The highest BCUT2D eigenvalue weighted by molar-refractivity contribution is 6.43. The molecule has 1 aliphatic carbocycles. The third kappa shape index (κ3) is 4.66. The van der Waals surface area contributed by atoms with E-state index in [1.165, 1.54) is 12.8 Å². The maximum atomic E-state index is 12.8. The summed E-state index contributed by atoms with van der Waals surface area (Å²) in [7, 11) is 0. The molecule has 31 heavy (non-hydrogen) atoms. The third-order valence-corrected chi connectivity index (χ3v) is 5.57. The Morgan fingerprint density at radius 2 is 1.87 bits per heavy atom. The Labute approximate surface area is 181 Å². The number of amides is 1. The van der Waals surface area contributed by atoms with Gasteiger partial charge in [0.2, 0.25) is 5.88 Å². The normalized spacial score (nSPS) is 13.9. The molecule has 1 N–H and O–H groups in total. The van der Waals surface area contributed by atoms with Crippen LogP contribution >= 0.6 is 0 Å². The maximum Gasteiger partial charge on any atom is 0.292 e. The lowest BCUT2D eigenvalue weighted by molar-refractivity contribution is -0.117. The van der Waals surface area contributed by atoms with Crippen LogP contribution in [0.2, 0.25) is 0 Å². The van der Waals surface area contributed by atoms with Crippen molar-refractivity contribution in [3.05, 3.63) is 71.2 Å². The minimum absolute atomic E-state index is 0.214. The first-order valence-corrected chi connectivity index (χ1v) is 10.6. The molecule has 4 rings (SSSR count). The number of rotatable bonds is 7. The van der Waals surface area contributed by atoms with Crippen LogP contribution in [0.15, 0.2) is 48.7 Å². The van der Waals surface area contributed by atoms with Crippen molar-refractivity contribution < 1.29 is 14.3 Å². The van der Waals surface area contributed by atoms with Crippen LogP contribution in [0.5, 0.6) is 5.88 Å². The molecule has 1 aliphatic rings. The zero-order valence-corrected chi connectivity index (χ0v) is 17.8. The highest BCUT2D eigenvalue weighted by Gasteiger charge is 2.25. The Hall–Kier alpha value is -3.48. The number of aromatic nitrogens is 3. The quantitative estimate of drug-likeness (QED) is 0.467. The van der Waals surface area contributed by atoms with E-state index in [4.69, 9.17) is 4.74 Å². The molecule has 3 aromatic rings. The Morgan fingerprint density at radius 3 is 2.61 bits per heavy atom. The van der Waals surface area contributed by atoms with Gasteiger partial charge in [0.05, 0.1) is 22.6 Å². The summed E-state index contributed by atoms with van der Waals surface area (Å²) < 4.78 is 7.60. The molecule has 160 valence electrons. The Balaban J connectivity index is 1.43. The van der Waals surface area contributed by atoms with Crippen LogP contribution in [-0.4, -0.2) is 32.6 Å². The largest absolute Gasteiger partial charge is 0.474 e. The fourth-order valence-electron chi connectivity index (χ4n) is 3.97. The summed E-state index contributed by atoms with van der Waals surface area (Å²) in [5, 5.41) is 7.17. The van der Waals surface area contributed by atoms with Gasteiger partial charge in [-0.1, -0.05) is 18.2 Å². The molecule has 7 nitrogen and oxygen atoms in total. The minimum atomic E-state index is -0.658. The van der Waals surface area contributed by atoms with Gasteiger partial charge in [-0.15, -0.1) is 0 Å². The first-order chi connectivity index (χ1) is 15.0. The molecule has 0 spiro atoms. The average Bonchev–Trinajstić information content (AvgIpc) is 3.39. The van der Waals surface area contributed by atoms with Crippen LogP contribution in [-0.2, 0) is 11.3 Å². The zero-order chi connectivity index (χ0) is 21.8. The van der Waals surface area contributed by atoms with Gasteiger partial charge in [0, 0.05) is 18.8 Å². The third-order valence-electron chi connectivity index (χ3n) is 5.57. The van der Waals surface area contributed by atoms with Crippen molar-refractivity contribution in [3.63, 3.8) is 0 Å². The highest BCUT2D eigenvalue weighted by Crippen LogP contribution is 2.23. The number of benzene rings is 1. The van der Waals surface area contributed by atoms with Crippen LogP contribution in [0.25, 0.3) is 5.69 Å². The number of carbonyl (C=O) groups excluding carboxylic acids is 2. The van der Waals surface area contributed by atoms with Crippen LogP contribution in [0.4, 0.5) is 0 Å². The summed E-state index contributed by atoms with van der Waals surface area (Å²) in [6.45, 7) is 3.75. The number of ether oxygens (including phenoxy) is 1. The number of aryl methyl sites for hydroxylation is 1. The SMILES string of the molecule is Cc1nn(-c2ccccc2)c(C)c1C(=O)C(=O)NCc1ccnc(OC2CCCC2)c1. The second-order valence-electron chi connectivity index (χ2n) is 7.83. The summed E-state index contributed by atoms with van der Waals surface area (Å²) in [6, 6.07) is 13.1. The smallest absolute Gasteiger partial charge is 0.292 e. The number of ketones is 1. The molecule has 0 saturated heterocycles. The van der Waals surface area contributed by atoms with E-state index in [-0.39, 0.29) is 12.6 Å². The van der Waals surface area contributed by atoms with Crippen LogP contribution in [0.3, 0.4) is 0 Å². The molecule has 2 aromatic heterocycles. The Bertz CT molecular complexity index is 1090. The predicted octanol–water partition coefficient (Wildman–Crippen LogP) is 3.70. The standard InChI is InChI=1S/C24H26N4O3/c1-16-22(17(2)28(27-16)19-8-4-3-5-9-19)23(29)24(30)26-15-18-12-13-25-21(14-18)31-20-10-6-7-11-20/h3-5,8-9,12-14,20H,6-7,10-11,15H2,1-2H3,(H,26,30). The number of hydrogen-bond acceptors (Lipinski definition) is 5. The molecule has 1 amide bonds. The van der Waals surface area contributed by atoms with E-state index in [1.54, 1.807) is 30.8 Å². The maximum absolute atomic E-state index is 12.8. The lowest BCUT2D eigenvalue weighted by atomic mass is 10.1. The van der Waals surface area contributed by atoms with E-state index in [1.807, 2.05) is 36.4 Å². The van der Waals surface area contributed by atoms with Crippen LogP contribution in [0, 0.1) is 13.8 Å². The lowest BCUT2D eigenvalue weighted by Crippen LogP contribution is -2.31. The fourth-order valence-corrected chi connectivity index (χ4v) is 3.97. The molecule has 1 aromatic carbocycles. The van der Waals surface area contributed by atoms with Gasteiger partial charge < -0.3 is 10.1 Å². The zero-order valence-electron chi connectivity index (χ0n) is 17.8. The summed E-state index contributed by atoms with van der Waals surface area (Å²) in [5.41, 5.74) is 3.17. The monoisotopic (exact) mass is 418 g/mol. The molecule has 0 aliphatic heterocycles. The summed E-state index contributed by atoms with van der Waals surface area (Å²) in [5.74, 6) is -0.691. The van der Waals surface area contributed by atoms with E-state index in [0.29, 0.717) is 22.8 Å². The van der Waals surface area contributed by atoms with Gasteiger partial charge in [0.25, 0.3) is 11.7 Å². The predicted molar refractivity (Wildman–Crippen MR) is 116 cm³/mol. The van der Waals surface area contributed by atoms with Gasteiger partial charge in [0.15, 0.2) is 0 Å². The van der Waals surface area contributed by atoms with E-state index in [2.05, 4.69) is 15.4 Å². The van der Waals surface area contributed by atoms with E-state index < -0.39 is 11.7 Å². The molecular weight excluding hydrogens is 392 g/mol. The number of hydrogen-bond donors (Lipinski definition) is 1. The van der Waals surface area contributed by atoms with Gasteiger partial charge in [-0.3, -0.25) is 9.59 Å². The Morgan fingerprint density at radius 1 is 1.13 bits per heavy atom. The van der Waals surface area contributed by atoms with Gasteiger partial charge in [0.1, 0.15) is 6.10 Å². The number of pyridine rings is 1. The van der Waals surface area contributed by atoms with Gasteiger partial charge in [-0.05, 0) is 63.3 Å². The molecule has 2 heterocycles. The highest BCUT2D eigenvalue weighted by atomic mass is 16.5. The minimum Gasteiger partial charge on any atom is -0.474 e. The molecule has 7 heteroatoms. The molecule has 1 fully saturated rings.